The lowest BCUT2D eigenvalue weighted by molar-refractivity contribution is -0.127. The average molecular weight is 467 g/mol. The third-order valence-corrected chi connectivity index (χ3v) is 6.44. The quantitative estimate of drug-likeness (QED) is 0.370. The van der Waals surface area contributed by atoms with Crippen LogP contribution < -0.4 is 10.2 Å². The van der Waals surface area contributed by atoms with Crippen LogP contribution in [0.15, 0.2) is 48.5 Å². The van der Waals surface area contributed by atoms with Gasteiger partial charge in [0.25, 0.3) is 0 Å². The summed E-state index contributed by atoms with van der Waals surface area (Å²) < 4.78 is 2.09. The molecule has 33 heavy (non-hydrogen) atoms. The zero-order chi connectivity index (χ0) is 23.2. The molecule has 1 aromatic heterocycles. The molecule has 0 aliphatic carbocycles. The first kappa shape index (κ1) is 23.3. The van der Waals surface area contributed by atoms with Crippen molar-refractivity contribution in [3.05, 3.63) is 53.6 Å². The Hall–Kier alpha value is -2.86. The summed E-state index contributed by atoms with van der Waals surface area (Å²) in [5, 5.41) is 3.50. The molecule has 0 spiro atoms. The molecule has 1 aliphatic rings. The van der Waals surface area contributed by atoms with Crippen LogP contribution in [0.25, 0.3) is 11.0 Å². The number of halogens is 1. The molecule has 7 heteroatoms. The van der Waals surface area contributed by atoms with E-state index in [0.29, 0.717) is 29.7 Å². The Balaban J connectivity index is 1.49. The fourth-order valence-electron chi connectivity index (χ4n) is 4.45. The Morgan fingerprint density at radius 3 is 2.58 bits per heavy atom. The van der Waals surface area contributed by atoms with E-state index in [1.165, 1.54) is 25.7 Å². The maximum atomic E-state index is 13.4. The summed E-state index contributed by atoms with van der Waals surface area (Å²) in [6.07, 6.45) is 7.03. The highest BCUT2D eigenvalue weighted by atomic mass is 35.5. The van der Waals surface area contributed by atoms with Crippen molar-refractivity contribution in [1.82, 2.24) is 9.55 Å². The Labute approximate surface area is 199 Å². The second-order valence-electron chi connectivity index (χ2n) is 8.72. The Kier molecular flexibility index (Phi) is 7.65. The molecule has 174 valence electrons. The average Bonchev–Trinajstić information content (AvgIpc) is 3.18. The molecule has 1 N–H and O–H groups in total. The van der Waals surface area contributed by atoms with E-state index in [1.54, 1.807) is 29.2 Å². The second-order valence-corrected chi connectivity index (χ2v) is 9.16. The summed E-state index contributed by atoms with van der Waals surface area (Å²) in [6.45, 7) is 3.29. The molecule has 0 fully saturated rings. The van der Waals surface area contributed by atoms with Crippen LogP contribution in [-0.2, 0) is 16.1 Å². The molecule has 0 saturated carbocycles. The standard InChI is InChI=1S/C26H31ClN4O2/c1-2-3-4-5-6-9-16-30-25(33)19(17-24(32)28-21-14-12-20(27)13-15-21)18-31-23-11-8-7-10-22(23)29-26(30)31/h7-8,10-15,19H,2-6,9,16-18H2,1H3,(H,28,32). The third kappa shape index (κ3) is 5.56. The van der Waals surface area contributed by atoms with E-state index >= 15 is 0 Å². The van der Waals surface area contributed by atoms with Crippen molar-refractivity contribution in [2.75, 3.05) is 16.8 Å². The molecular formula is C26H31ClN4O2. The van der Waals surface area contributed by atoms with Crippen LogP contribution in [-0.4, -0.2) is 27.9 Å². The highest BCUT2D eigenvalue weighted by molar-refractivity contribution is 6.30. The highest BCUT2D eigenvalue weighted by Crippen LogP contribution is 2.31. The molecule has 2 aromatic carbocycles. The summed E-state index contributed by atoms with van der Waals surface area (Å²) in [5.41, 5.74) is 2.54. The number of carbonyl (C=O) groups excluding carboxylic acids is 2. The minimum atomic E-state index is -0.428. The molecule has 0 saturated heterocycles. The van der Waals surface area contributed by atoms with Gasteiger partial charge in [-0.05, 0) is 42.8 Å². The first-order valence-corrected chi connectivity index (χ1v) is 12.3. The van der Waals surface area contributed by atoms with Gasteiger partial charge in [-0.15, -0.1) is 0 Å². The van der Waals surface area contributed by atoms with Gasteiger partial charge in [-0.3, -0.25) is 14.5 Å². The van der Waals surface area contributed by atoms with E-state index in [1.807, 2.05) is 24.3 Å². The van der Waals surface area contributed by atoms with Gasteiger partial charge in [0.05, 0.1) is 17.0 Å². The molecule has 1 aliphatic heterocycles. The summed E-state index contributed by atoms with van der Waals surface area (Å²) >= 11 is 5.93. The zero-order valence-electron chi connectivity index (χ0n) is 19.1. The van der Waals surface area contributed by atoms with Gasteiger partial charge in [0.2, 0.25) is 17.8 Å². The summed E-state index contributed by atoms with van der Waals surface area (Å²) in [6, 6.07) is 14.9. The Morgan fingerprint density at radius 2 is 1.79 bits per heavy atom. The molecule has 3 aromatic rings. The maximum absolute atomic E-state index is 13.4. The smallest absolute Gasteiger partial charge is 0.234 e. The number of hydrogen-bond donors (Lipinski definition) is 1. The molecule has 1 atom stereocenters. The molecule has 6 nitrogen and oxygen atoms in total. The van der Waals surface area contributed by atoms with Gasteiger partial charge in [0.1, 0.15) is 0 Å². The number of unbranched alkanes of at least 4 members (excludes halogenated alkanes) is 5. The fraction of sp³-hybridized carbons (Fsp3) is 0.423. The lowest BCUT2D eigenvalue weighted by Gasteiger charge is -2.32. The van der Waals surface area contributed by atoms with Crippen LogP contribution in [0, 0.1) is 5.92 Å². The predicted molar refractivity (Wildman–Crippen MR) is 134 cm³/mol. The van der Waals surface area contributed by atoms with E-state index in [4.69, 9.17) is 16.6 Å². The molecule has 2 heterocycles. The lowest BCUT2D eigenvalue weighted by atomic mass is 10.0. The van der Waals surface area contributed by atoms with Gasteiger partial charge in [-0.25, -0.2) is 4.98 Å². The first-order valence-electron chi connectivity index (χ1n) is 11.9. The number of para-hydroxylation sites is 2. The summed E-state index contributed by atoms with van der Waals surface area (Å²) in [4.78, 5) is 32.7. The number of carbonyl (C=O) groups is 2. The zero-order valence-corrected chi connectivity index (χ0v) is 19.9. The summed E-state index contributed by atoms with van der Waals surface area (Å²) in [7, 11) is 0. The van der Waals surface area contributed by atoms with Crippen LogP contribution >= 0.6 is 11.6 Å². The minimum Gasteiger partial charge on any atom is -0.326 e. The van der Waals surface area contributed by atoms with E-state index in [-0.39, 0.29) is 18.2 Å². The van der Waals surface area contributed by atoms with Gasteiger partial charge in [0.15, 0.2) is 0 Å². The van der Waals surface area contributed by atoms with E-state index in [9.17, 15) is 9.59 Å². The molecule has 2 amide bonds. The number of rotatable bonds is 10. The maximum Gasteiger partial charge on any atom is 0.234 e. The number of nitrogens with one attached hydrogen (secondary N) is 1. The third-order valence-electron chi connectivity index (χ3n) is 6.19. The van der Waals surface area contributed by atoms with Gasteiger partial charge in [-0.1, -0.05) is 62.8 Å². The van der Waals surface area contributed by atoms with Crippen molar-refractivity contribution in [2.45, 2.75) is 58.4 Å². The molecular weight excluding hydrogens is 436 g/mol. The van der Waals surface area contributed by atoms with Crippen molar-refractivity contribution in [2.24, 2.45) is 5.92 Å². The van der Waals surface area contributed by atoms with Crippen LogP contribution in [0.2, 0.25) is 5.02 Å². The molecule has 0 bridgehead atoms. The Morgan fingerprint density at radius 1 is 1.06 bits per heavy atom. The number of imidazole rings is 1. The monoisotopic (exact) mass is 466 g/mol. The van der Waals surface area contributed by atoms with Crippen LogP contribution in [0.1, 0.15) is 51.9 Å². The molecule has 1 unspecified atom stereocenters. The molecule has 4 rings (SSSR count). The van der Waals surface area contributed by atoms with E-state index < -0.39 is 5.92 Å². The number of benzene rings is 2. The molecule has 0 radical (unpaired) electrons. The van der Waals surface area contributed by atoms with Crippen LogP contribution in [0.5, 0.6) is 0 Å². The van der Waals surface area contributed by atoms with Crippen molar-refractivity contribution < 1.29 is 9.59 Å². The predicted octanol–water partition coefficient (Wildman–Crippen LogP) is 6.04. The number of nitrogens with zero attached hydrogens (tertiary/aromatic N) is 3. The SMILES string of the molecule is CCCCCCCCN1C(=O)C(CC(=O)Nc2ccc(Cl)cc2)Cn2c1nc1ccccc12. The van der Waals surface area contributed by atoms with Crippen LogP contribution in [0.4, 0.5) is 11.6 Å². The van der Waals surface area contributed by atoms with Gasteiger partial charge < -0.3 is 9.88 Å². The number of hydrogen-bond acceptors (Lipinski definition) is 3. The largest absolute Gasteiger partial charge is 0.326 e. The first-order chi connectivity index (χ1) is 16.1. The topological polar surface area (TPSA) is 67.2 Å². The van der Waals surface area contributed by atoms with Crippen LogP contribution in [0.3, 0.4) is 0 Å². The normalized spacial score (nSPS) is 15.6. The lowest BCUT2D eigenvalue weighted by Crippen LogP contribution is -2.45. The number of amides is 2. The number of anilines is 2. The Bertz CT molecular complexity index is 1110. The van der Waals surface area contributed by atoms with Crippen molar-refractivity contribution in [1.29, 1.82) is 0 Å². The summed E-state index contributed by atoms with van der Waals surface area (Å²) in [5.74, 6) is 0.0762. The van der Waals surface area contributed by atoms with E-state index in [2.05, 4.69) is 16.8 Å². The highest BCUT2D eigenvalue weighted by Gasteiger charge is 2.36. The van der Waals surface area contributed by atoms with Crippen molar-refractivity contribution in [3.63, 3.8) is 0 Å². The van der Waals surface area contributed by atoms with Gasteiger partial charge >= 0.3 is 0 Å². The van der Waals surface area contributed by atoms with E-state index in [0.717, 1.165) is 23.9 Å². The number of aromatic nitrogens is 2. The second kappa shape index (κ2) is 10.8. The fourth-order valence-corrected chi connectivity index (χ4v) is 4.57. The minimum absolute atomic E-state index is 0.0161. The van der Waals surface area contributed by atoms with Gasteiger partial charge in [0, 0.05) is 30.2 Å². The van der Waals surface area contributed by atoms with Crippen molar-refractivity contribution >= 4 is 46.1 Å². The number of fused-ring (bicyclic) bond motifs is 3. The van der Waals surface area contributed by atoms with Crippen molar-refractivity contribution in [3.8, 4) is 0 Å². The van der Waals surface area contributed by atoms with Gasteiger partial charge in [-0.2, -0.15) is 0 Å².